The van der Waals surface area contributed by atoms with Gasteiger partial charge in [-0.1, -0.05) is 42.5 Å². The van der Waals surface area contributed by atoms with E-state index in [-0.39, 0.29) is 18.6 Å². The van der Waals surface area contributed by atoms with E-state index >= 15 is 0 Å². The Hall–Kier alpha value is -3.06. The molecule has 6 heteroatoms. The summed E-state index contributed by atoms with van der Waals surface area (Å²) in [5, 5.41) is 10.3. The van der Waals surface area contributed by atoms with E-state index in [9.17, 15) is 9.90 Å². The van der Waals surface area contributed by atoms with Crippen molar-refractivity contribution >= 4 is 5.91 Å². The monoisotopic (exact) mass is 484 g/mol. The third-order valence-electron chi connectivity index (χ3n) is 7.75. The summed E-state index contributed by atoms with van der Waals surface area (Å²) >= 11 is 0. The maximum atomic E-state index is 12.2. The molecule has 0 radical (unpaired) electrons. The largest absolute Gasteiger partial charge is 0.395 e. The van der Waals surface area contributed by atoms with Crippen molar-refractivity contribution in [3.8, 4) is 11.1 Å². The van der Waals surface area contributed by atoms with Crippen molar-refractivity contribution in [3.63, 3.8) is 0 Å². The lowest BCUT2D eigenvalue weighted by Gasteiger charge is -2.57. The van der Waals surface area contributed by atoms with Crippen LogP contribution in [0.3, 0.4) is 0 Å². The van der Waals surface area contributed by atoms with Crippen LogP contribution in [0, 0.1) is 0 Å². The summed E-state index contributed by atoms with van der Waals surface area (Å²) in [6.07, 6.45) is 6.13. The molecule has 3 heterocycles. The molecule has 36 heavy (non-hydrogen) atoms. The van der Waals surface area contributed by atoms with Crippen LogP contribution in [0.5, 0.6) is 0 Å². The van der Waals surface area contributed by atoms with Crippen LogP contribution < -0.4 is 0 Å². The Morgan fingerprint density at radius 3 is 2.33 bits per heavy atom. The number of hydrogen-bond donors (Lipinski definition) is 1. The fourth-order valence-electron chi connectivity index (χ4n) is 5.87. The fourth-order valence-corrected chi connectivity index (χ4v) is 5.87. The Morgan fingerprint density at radius 2 is 1.69 bits per heavy atom. The van der Waals surface area contributed by atoms with Gasteiger partial charge in [-0.25, -0.2) is 0 Å². The number of nitrogens with zero attached hydrogens (tertiary/aromatic N) is 4. The van der Waals surface area contributed by atoms with Crippen LogP contribution in [-0.2, 0) is 6.54 Å². The normalized spacial score (nSPS) is 22.7. The second kappa shape index (κ2) is 10.9. The van der Waals surface area contributed by atoms with Gasteiger partial charge in [0.25, 0.3) is 5.91 Å². The molecule has 0 unspecified atom stereocenters. The zero-order valence-electron chi connectivity index (χ0n) is 21.3. The zero-order chi connectivity index (χ0) is 25.1. The highest BCUT2D eigenvalue weighted by Crippen LogP contribution is 2.42. The summed E-state index contributed by atoms with van der Waals surface area (Å²) in [5.41, 5.74) is 5.47. The second-order valence-corrected chi connectivity index (χ2v) is 10.3. The van der Waals surface area contributed by atoms with Crippen LogP contribution in [0.2, 0.25) is 0 Å². The Balaban J connectivity index is 1.33. The number of carbonyl (C=O) groups excluding carboxylic acids is 1. The van der Waals surface area contributed by atoms with E-state index in [4.69, 9.17) is 0 Å². The number of aliphatic hydroxyl groups excluding tert-OH is 1. The van der Waals surface area contributed by atoms with Crippen LogP contribution in [-0.4, -0.2) is 83.1 Å². The molecule has 0 spiro atoms. The lowest BCUT2D eigenvalue weighted by molar-refractivity contribution is -0.0655. The van der Waals surface area contributed by atoms with Crippen LogP contribution in [0.1, 0.15) is 40.2 Å². The molecule has 2 aromatic carbocycles. The minimum Gasteiger partial charge on any atom is -0.395 e. The molecular formula is C30H36N4O2. The summed E-state index contributed by atoms with van der Waals surface area (Å²) < 4.78 is 0. The van der Waals surface area contributed by atoms with Gasteiger partial charge in [-0.05, 0) is 66.4 Å². The minimum atomic E-state index is 0.0123. The Bertz CT molecular complexity index is 1150. The molecule has 3 aromatic rings. The topological polar surface area (TPSA) is 59.9 Å². The van der Waals surface area contributed by atoms with Crippen molar-refractivity contribution in [2.45, 2.75) is 37.4 Å². The first-order valence-corrected chi connectivity index (χ1v) is 12.9. The lowest BCUT2D eigenvalue weighted by Crippen LogP contribution is -2.67. The molecule has 5 rings (SSSR count). The quantitative estimate of drug-likeness (QED) is 0.576. The Labute approximate surface area is 214 Å². The summed E-state index contributed by atoms with van der Waals surface area (Å²) in [7, 11) is 3.54. The third kappa shape index (κ3) is 5.07. The number of hydrogen-bond acceptors (Lipinski definition) is 5. The molecule has 2 fully saturated rings. The van der Waals surface area contributed by atoms with E-state index < -0.39 is 0 Å². The summed E-state index contributed by atoms with van der Waals surface area (Å²) in [4.78, 5) is 23.2. The predicted molar refractivity (Wildman–Crippen MR) is 143 cm³/mol. The van der Waals surface area contributed by atoms with Crippen LogP contribution in [0.15, 0.2) is 73.1 Å². The number of amides is 1. The highest BCUT2D eigenvalue weighted by atomic mass is 16.3. The van der Waals surface area contributed by atoms with Gasteiger partial charge in [0.1, 0.15) is 0 Å². The van der Waals surface area contributed by atoms with Crippen molar-refractivity contribution in [1.29, 1.82) is 0 Å². The van der Waals surface area contributed by atoms with Gasteiger partial charge in [0.15, 0.2) is 0 Å². The van der Waals surface area contributed by atoms with E-state index in [0.29, 0.717) is 17.5 Å². The SMILES string of the molecule is CN(C)C(=O)c1ccc(-c2ccc([C@H]3[C@@H](CO)N4CCCCN(Cc5cccnc5)C[C@H]34)cc2)cc1. The lowest BCUT2D eigenvalue weighted by atomic mass is 9.74. The molecule has 0 saturated carbocycles. The maximum Gasteiger partial charge on any atom is 0.253 e. The number of rotatable bonds is 6. The van der Waals surface area contributed by atoms with E-state index in [0.717, 1.165) is 43.7 Å². The van der Waals surface area contributed by atoms with Gasteiger partial charge in [-0.2, -0.15) is 0 Å². The number of aliphatic hydroxyl groups is 1. The Morgan fingerprint density at radius 1 is 1.00 bits per heavy atom. The molecule has 0 aliphatic carbocycles. The van der Waals surface area contributed by atoms with Gasteiger partial charge in [-0.3, -0.25) is 19.6 Å². The molecule has 1 amide bonds. The average Bonchev–Trinajstić information content (AvgIpc) is 2.89. The number of pyridine rings is 1. The summed E-state index contributed by atoms with van der Waals surface area (Å²) in [6, 6.07) is 21.3. The minimum absolute atomic E-state index is 0.0123. The molecule has 3 atom stereocenters. The zero-order valence-corrected chi connectivity index (χ0v) is 21.3. The van der Waals surface area contributed by atoms with Gasteiger partial charge < -0.3 is 10.0 Å². The average molecular weight is 485 g/mol. The van der Waals surface area contributed by atoms with Crippen molar-refractivity contribution in [1.82, 2.24) is 19.7 Å². The Kier molecular flexibility index (Phi) is 7.46. The van der Waals surface area contributed by atoms with E-state index in [1.54, 1.807) is 19.0 Å². The smallest absolute Gasteiger partial charge is 0.253 e. The number of fused-ring (bicyclic) bond motifs is 1. The summed E-state index contributed by atoms with van der Waals surface area (Å²) in [6.45, 7) is 4.26. The number of carbonyl (C=O) groups is 1. The molecule has 2 aliphatic heterocycles. The van der Waals surface area contributed by atoms with Gasteiger partial charge in [0.05, 0.1) is 6.61 Å². The van der Waals surface area contributed by atoms with Gasteiger partial charge in [0, 0.05) is 63.1 Å². The first-order valence-electron chi connectivity index (χ1n) is 12.9. The standard InChI is InChI=1S/C30H36N4O2/c1-32(2)30(36)26-13-9-24(10-14-26)23-7-11-25(12-8-23)29-27-20-33(19-22-6-5-15-31-18-22)16-3-4-17-34(27)28(29)21-35/h5-15,18,27-29,35H,3-4,16-17,19-21H2,1-2H3/t27-,28-,29-/m1/s1. The first kappa shape index (κ1) is 24.6. The number of aromatic nitrogens is 1. The molecule has 2 aliphatic rings. The molecule has 2 saturated heterocycles. The third-order valence-corrected chi connectivity index (χ3v) is 7.75. The van der Waals surface area contributed by atoms with Crippen molar-refractivity contribution in [2.24, 2.45) is 0 Å². The van der Waals surface area contributed by atoms with E-state index in [1.807, 2.05) is 42.7 Å². The van der Waals surface area contributed by atoms with Crippen molar-refractivity contribution in [2.75, 3.05) is 40.3 Å². The van der Waals surface area contributed by atoms with E-state index in [1.165, 1.54) is 17.5 Å². The maximum absolute atomic E-state index is 12.2. The van der Waals surface area contributed by atoms with Crippen molar-refractivity contribution in [3.05, 3.63) is 89.7 Å². The first-order chi connectivity index (χ1) is 17.5. The number of benzene rings is 2. The fraction of sp³-hybridized carbons (Fsp3) is 0.400. The van der Waals surface area contributed by atoms with Crippen LogP contribution in [0.4, 0.5) is 0 Å². The molecule has 188 valence electrons. The van der Waals surface area contributed by atoms with E-state index in [2.05, 4.69) is 45.1 Å². The molecule has 1 N–H and O–H groups in total. The second-order valence-electron chi connectivity index (χ2n) is 10.3. The van der Waals surface area contributed by atoms with Crippen molar-refractivity contribution < 1.29 is 9.90 Å². The molecule has 6 nitrogen and oxygen atoms in total. The van der Waals surface area contributed by atoms with Crippen LogP contribution >= 0.6 is 0 Å². The van der Waals surface area contributed by atoms with Gasteiger partial charge in [-0.15, -0.1) is 0 Å². The molecule has 1 aromatic heterocycles. The predicted octanol–water partition coefficient (Wildman–Crippen LogP) is 3.88. The molecular weight excluding hydrogens is 448 g/mol. The van der Waals surface area contributed by atoms with Gasteiger partial charge in [0.2, 0.25) is 0 Å². The molecule has 0 bridgehead atoms. The highest BCUT2D eigenvalue weighted by Gasteiger charge is 2.49. The summed E-state index contributed by atoms with van der Waals surface area (Å²) in [5.74, 6) is 0.330. The van der Waals surface area contributed by atoms with Gasteiger partial charge >= 0.3 is 0 Å². The van der Waals surface area contributed by atoms with Crippen LogP contribution in [0.25, 0.3) is 11.1 Å². The highest BCUT2D eigenvalue weighted by molar-refractivity contribution is 5.94.